The largest absolute Gasteiger partial charge is 0.492 e. The van der Waals surface area contributed by atoms with Crippen molar-refractivity contribution in [2.24, 2.45) is 0 Å². The molecule has 0 aliphatic rings. The van der Waals surface area contributed by atoms with Gasteiger partial charge in [0.1, 0.15) is 17.4 Å². The summed E-state index contributed by atoms with van der Waals surface area (Å²) >= 11 is 0. The van der Waals surface area contributed by atoms with Crippen molar-refractivity contribution < 1.29 is 18.3 Å². The summed E-state index contributed by atoms with van der Waals surface area (Å²) in [6.45, 7) is 2.50. The van der Waals surface area contributed by atoms with E-state index in [1.807, 2.05) is 6.92 Å². The van der Waals surface area contributed by atoms with Gasteiger partial charge in [0.2, 0.25) is 0 Å². The molecule has 0 saturated carbocycles. The van der Waals surface area contributed by atoms with Crippen LogP contribution >= 0.6 is 0 Å². The molecule has 24 heavy (non-hydrogen) atoms. The van der Waals surface area contributed by atoms with E-state index in [1.165, 1.54) is 17.0 Å². The molecule has 0 atom stereocenters. The molecular formula is C18H20F2N2O2. The van der Waals surface area contributed by atoms with Crippen LogP contribution in [0.5, 0.6) is 5.75 Å². The van der Waals surface area contributed by atoms with Crippen LogP contribution in [-0.2, 0) is 6.54 Å². The predicted octanol–water partition coefficient (Wildman–Crippen LogP) is 3.68. The number of hydrogen-bond donors (Lipinski definition) is 1. The number of rotatable bonds is 6. The maximum Gasteiger partial charge on any atom is 0.253 e. The molecule has 0 aliphatic heterocycles. The standard InChI is InChI=1S/C18H20F2N2O2/c1-4-24-17-9-13(18(23)22(2)3)5-6-16(17)21-11-12-7-14(19)10-15(20)8-12/h5-10,21H,4,11H2,1-3H3. The van der Waals surface area contributed by atoms with Crippen molar-refractivity contribution in [3.8, 4) is 5.75 Å². The Morgan fingerprint density at radius 2 is 1.79 bits per heavy atom. The van der Waals surface area contributed by atoms with Gasteiger partial charge in [0, 0.05) is 32.3 Å². The smallest absolute Gasteiger partial charge is 0.253 e. The Balaban J connectivity index is 2.21. The highest BCUT2D eigenvalue weighted by molar-refractivity contribution is 5.95. The molecule has 0 spiro atoms. The van der Waals surface area contributed by atoms with Crippen molar-refractivity contribution in [1.82, 2.24) is 4.90 Å². The lowest BCUT2D eigenvalue weighted by atomic mass is 10.1. The van der Waals surface area contributed by atoms with E-state index in [2.05, 4.69) is 5.32 Å². The Kier molecular flexibility index (Phi) is 5.73. The Hall–Kier alpha value is -2.63. The molecule has 2 aromatic rings. The molecule has 0 fully saturated rings. The van der Waals surface area contributed by atoms with Crippen LogP contribution in [0, 0.1) is 11.6 Å². The van der Waals surface area contributed by atoms with E-state index in [9.17, 15) is 13.6 Å². The van der Waals surface area contributed by atoms with E-state index in [0.717, 1.165) is 6.07 Å². The molecular weight excluding hydrogens is 314 g/mol. The number of amides is 1. The molecule has 2 aromatic carbocycles. The summed E-state index contributed by atoms with van der Waals surface area (Å²) in [5.41, 5.74) is 1.63. The van der Waals surface area contributed by atoms with E-state index >= 15 is 0 Å². The molecule has 4 nitrogen and oxygen atoms in total. The second-order valence-electron chi connectivity index (χ2n) is 5.47. The molecule has 0 heterocycles. The molecule has 2 rings (SSSR count). The first-order chi connectivity index (χ1) is 11.4. The van der Waals surface area contributed by atoms with E-state index in [0.29, 0.717) is 29.2 Å². The Labute approximate surface area is 140 Å². The summed E-state index contributed by atoms with van der Waals surface area (Å²) in [4.78, 5) is 13.5. The zero-order valence-electron chi connectivity index (χ0n) is 13.9. The third-order valence-corrected chi connectivity index (χ3v) is 3.34. The van der Waals surface area contributed by atoms with Gasteiger partial charge in [-0.2, -0.15) is 0 Å². The molecule has 128 valence electrons. The number of nitrogens with zero attached hydrogens (tertiary/aromatic N) is 1. The second kappa shape index (κ2) is 7.77. The van der Waals surface area contributed by atoms with Crippen molar-refractivity contribution in [2.45, 2.75) is 13.5 Å². The van der Waals surface area contributed by atoms with Crippen LogP contribution in [0.25, 0.3) is 0 Å². The maximum atomic E-state index is 13.2. The van der Waals surface area contributed by atoms with E-state index in [-0.39, 0.29) is 12.5 Å². The van der Waals surface area contributed by atoms with Gasteiger partial charge in [0.15, 0.2) is 0 Å². The lowest BCUT2D eigenvalue weighted by molar-refractivity contribution is 0.0827. The number of ether oxygens (including phenoxy) is 1. The average molecular weight is 334 g/mol. The molecule has 1 amide bonds. The lowest BCUT2D eigenvalue weighted by Crippen LogP contribution is -2.21. The molecule has 0 aromatic heterocycles. The topological polar surface area (TPSA) is 41.6 Å². The van der Waals surface area contributed by atoms with Gasteiger partial charge in [-0.15, -0.1) is 0 Å². The van der Waals surface area contributed by atoms with Crippen molar-refractivity contribution in [2.75, 3.05) is 26.0 Å². The average Bonchev–Trinajstić information content (AvgIpc) is 2.52. The SMILES string of the molecule is CCOc1cc(C(=O)N(C)C)ccc1NCc1cc(F)cc(F)c1. The highest BCUT2D eigenvalue weighted by Crippen LogP contribution is 2.27. The van der Waals surface area contributed by atoms with Crippen LogP contribution in [0.2, 0.25) is 0 Å². The fourth-order valence-corrected chi connectivity index (χ4v) is 2.24. The number of anilines is 1. The van der Waals surface area contributed by atoms with Crippen LogP contribution < -0.4 is 10.1 Å². The van der Waals surface area contributed by atoms with Crippen LogP contribution in [0.4, 0.5) is 14.5 Å². The zero-order chi connectivity index (χ0) is 17.7. The first-order valence-electron chi connectivity index (χ1n) is 7.58. The molecule has 0 aliphatic carbocycles. The Morgan fingerprint density at radius 1 is 1.12 bits per heavy atom. The van der Waals surface area contributed by atoms with Gasteiger partial charge in [0.05, 0.1) is 12.3 Å². The number of hydrogen-bond acceptors (Lipinski definition) is 3. The molecule has 0 saturated heterocycles. The number of nitrogens with one attached hydrogen (secondary N) is 1. The van der Waals surface area contributed by atoms with Crippen molar-refractivity contribution in [1.29, 1.82) is 0 Å². The van der Waals surface area contributed by atoms with Crippen LogP contribution in [0.3, 0.4) is 0 Å². The van der Waals surface area contributed by atoms with Crippen LogP contribution in [0.15, 0.2) is 36.4 Å². The highest BCUT2D eigenvalue weighted by Gasteiger charge is 2.12. The molecule has 0 bridgehead atoms. The fourth-order valence-electron chi connectivity index (χ4n) is 2.24. The lowest BCUT2D eigenvalue weighted by Gasteiger charge is -2.16. The summed E-state index contributed by atoms with van der Waals surface area (Å²) < 4.78 is 32.0. The minimum absolute atomic E-state index is 0.130. The summed E-state index contributed by atoms with van der Waals surface area (Å²) in [6.07, 6.45) is 0. The molecule has 6 heteroatoms. The van der Waals surface area contributed by atoms with E-state index in [1.54, 1.807) is 32.3 Å². The molecule has 0 unspecified atom stereocenters. The van der Waals surface area contributed by atoms with Crippen molar-refractivity contribution in [3.63, 3.8) is 0 Å². The second-order valence-corrected chi connectivity index (χ2v) is 5.47. The number of halogens is 2. The molecule has 0 radical (unpaired) electrons. The predicted molar refractivity (Wildman–Crippen MR) is 89.3 cm³/mol. The maximum absolute atomic E-state index is 13.2. The van der Waals surface area contributed by atoms with Crippen LogP contribution in [-0.4, -0.2) is 31.5 Å². The first kappa shape index (κ1) is 17.7. The van der Waals surface area contributed by atoms with Gasteiger partial charge in [-0.3, -0.25) is 4.79 Å². The summed E-state index contributed by atoms with van der Waals surface area (Å²) in [6, 6.07) is 8.41. The normalized spacial score (nSPS) is 10.4. The third kappa shape index (κ3) is 4.44. The van der Waals surface area contributed by atoms with Crippen molar-refractivity contribution in [3.05, 3.63) is 59.2 Å². The molecule has 1 N–H and O–H groups in total. The summed E-state index contributed by atoms with van der Waals surface area (Å²) in [5, 5.41) is 3.08. The number of benzene rings is 2. The minimum atomic E-state index is -0.622. The van der Waals surface area contributed by atoms with E-state index < -0.39 is 11.6 Å². The summed E-state index contributed by atoms with van der Waals surface area (Å²) in [7, 11) is 3.35. The number of carbonyl (C=O) groups excluding carboxylic acids is 1. The van der Waals surface area contributed by atoms with Gasteiger partial charge < -0.3 is 15.0 Å². The quantitative estimate of drug-likeness (QED) is 0.876. The van der Waals surface area contributed by atoms with E-state index in [4.69, 9.17) is 4.74 Å². The Morgan fingerprint density at radius 3 is 2.38 bits per heavy atom. The zero-order valence-corrected chi connectivity index (χ0v) is 13.9. The van der Waals surface area contributed by atoms with Crippen molar-refractivity contribution >= 4 is 11.6 Å². The summed E-state index contributed by atoms with van der Waals surface area (Å²) in [5.74, 6) is -0.857. The van der Waals surface area contributed by atoms with Gasteiger partial charge >= 0.3 is 0 Å². The third-order valence-electron chi connectivity index (χ3n) is 3.34. The number of carbonyl (C=O) groups is 1. The monoisotopic (exact) mass is 334 g/mol. The Bertz CT molecular complexity index is 713. The highest BCUT2D eigenvalue weighted by atomic mass is 19.1. The fraction of sp³-hybridized carbons (Fsp3) is 0.278. The van der Waals surface area contributed by atoms with Gasteiger partial charge in [-0.25, -0.2) is 8.78 Å². The van der Waals surface area contributed by atoms with Gasteiger partial charge in [0.25, 0.3) is 5.91 Å². The first-order valence-corrected chi connectivity index (χ1v) is 7.58. The van der Waals surface area contributed by atoms with Gasteiger partial charge in [-0.05, 0) is 42.8 Å². The van der Waals surface area contributed by atoms with Gasteiger partial charge in [-0.1, -0.05) is 0 Å². The minimum Gasteiger partial charge on any atom is -0.492 e. The van der Waals surface area contributed by atoms with Crippen LogP contribution in [0.1, 0.15) is 22.8 Å².